The fourth-order valence-corrected chi connectivity index (χ4v) is 6.97. The summed E-state index contributed by atoms with van der Waals surface area (Å²) in [4.78, 5) is 2.49. The Hall–Kier alpha value is -4.56. The molecule has 0 spiro atoms. The van der Waals surface area contributed by atoms with Gasteiger partial charge in [-0.2, -0.15) is 0 Å². The standard InChI is InChI=1S/C34H20BN/c1-2-11-28-26(9-1)27-10-6-14-31-34(27)35(28)29-12-3-4-13-30(29)36(31)25-19-23-17-15-21-7-5-8-22-16-18-24(20-25)33(23)32(21)22/h1-20H. The van der Waals surface area contributed by atoms with E-state index in [4.69, 9.17) is 0 Å². The number of rotatable bonds is 1. The lowest BCUT2D eigenvalue weighted by Gasteiger charge is -2.36. The first-order chi connectivity index (χ1) is 17.9. The van der Waals surface area contributed by atoms with E-state index in [2.05, 4.69) is 126 Å². The largest absolute Gasteiger partial charge is 0.311 e. The number of fused-ring (bicyclic) bond motifs is 5. The lowest BCUT2D eigenvalue weighted by molar-refractivity contribution is 1.30. The molecule has 36 heavy (non-hydrogen) atoms. The molecule has 0 N–H and O–H groups in total. The Kier molecular flexibility index (Phi) is 3.41. The number of para-hydroxylation sites is 1. The molecule has 1 nitrogen and oxygen atoms in total. The van der Waals surface area contributed by atoms with Gasteiger partial charge >= 0.3 is 0 Å². The van der Waals surface area contributed by atoms with Crippen LogP contribution in [0.1, 0.15) is 0 Å². The second-order valence-corrected chi connectivity index (χ2v) is 10.1. The summed E-state index contributed by atoms with van der Waals surface area (Å²) >= 11 is 0. The van der Waals surface area contributed by atoms with E-state index >= 15 is 0 Å². The molecule has 0 bridgehead atoms. The van der Waals surface area contributed by atoms with Crippen molar-refractivity contribution in [2.75, 3.05) is 4.90 Å². The summed E-state index contributed by atoms with van der Waals surface area (Å²) in [7, 11) is 0. The molecule has 0 aliphatic carbocycles. The van der Waals surface area contributed by atoms with E-state index in [1.54, 1.807) is 0 Å². The molecule has 0 unspecified atom stereocenters. The summed E-state index contributed by atoms with van der Waals surface area (Å²) in [5.74, 6) is 0. The van der Waals surface area contributed by atoms with Crippen molar-refractivity contribution >= 4 is 72.5 Å². The van der Waals surface area contributed by atoms with Gasteiger partial charge in [0.25, 0.3) is 0 Å². The zero-order valence-corrected chi connectivity index (χ0v) is 19.6. The maximum Gasteiger partial charge on any atom is 0.248 e. The van der Waals surface area contributed by atoms with Crippen LogP contribution in [0.4, 0.5) is 17.1 Å². The molecule has 7 aromatic carbocycles. The molecule has 2 heteroatoms. The number of hydrogen-bond acceptors (Lipinski definition) is 1. The van der Waals surface area contributed by atoms with E-state index in [1.165, 1.54) is 76.9 Å². The normalized spacial score (nSPS) is 13.4. The van der Waals surface area contributed by atoms with Gasteiger partial charge in [-0.15, -0.1) is 0 Å². The molecule has 164 valence electrons. The fraction of sp³-hybridized carbons (Fsp3) is 0. The highest BCUT2D eigenvalue weighted by Crippen LogP contribution is 2.43. The average Bonchev–Trinajstić information content (AvgIpc) is 3.28. The molecule has 0 saturated heterocycles. The van der Waals surface area contributed by atoms with Crippen molar-refractivity contribution in [2.45, 2.75) is 0 Å². The lowest BCUT2D eigenvalue weighted by Crippen LogP contribution is -2.54. The van der Waals surface area contributed by atoms with Crippen molar-refractivity contribution in [3.05, 3.63) is 121 Å². The summed E-state index contributed by atoms with van der Waals surface area (Å²) in [6.07, 6.45) is 0. The Morgan fingerprint density at radius 2 is 1.03 bits per heavy atom. The molecular formula is C34H20BN. The third-order valence-corrected chi connectivity index (χ3v) is 8.37. The Morgan fingerprint density at radius 3 is 1.83 bits per heavy atom. The van der Waals surface area contributed by atoms with Gasteiger partial charge in [0.1, 0.15) is 0 Å². The van der Waals surface area contributed by atoms with Crippen LogP contribution in [0, 0.1) is 0 Å². The highest BCUT2D eigenvalue weighted by Gasteiger charge is 2.41. The van der Waals surface area contributed by atoms with E-state index in [9.17, 15) is 0 Å². The Balaban J connectivity index is 1.37. The maximum absolute atomic E-state index is 2.49. The monoisotopic (exact) mass is 453 g/mol. The molecule has 7 aromatic rings. The SMILES string of the molecule is c1ccc2c(c1)B1c3ccccc3N(c3cc4ccc5cccc6ccc(c3)c4c56)c3cccc-2c31. The first-order valence-electron chi connectivity index (χ1n) is 12.7. The van der Waals surface area contributed by atoms with Gasteiger partial charge in [0.2, 0.25) is 6.71 Å². The van der Waals surface area contributed by atoms with Crippen molar-refractivity contribution < 1.29 is 0 Å². The van der Waals surface area contributed by atoms with E-state index in [1.807, 2.05) is 0 Å². The first kappa shape index (κ1) is 18.7. The van der Waals surface area contributed by atoms with Gasteiger partial charge in [0.15, 0.2) is 0 Å². The fourth-order valence-electron chi connectivity index (χ4n) is 6.97. The van der Waals surface area contributed by atoms with E-state index in [0.29, 0.717) is 0 Å². The predicted octanol–water partition coefficient (Wildman–Crippen LogP) is 6.86. The van der Waals surface area contributed by atoms with Crippen molar-refractivity contribution in [3.63, 3.8) is 0 Å². The Morgan fingerprint density at radius 1 is 0.444 bits per heavy atom. The quantitative estimate of drug-likeness (QED) is 0.194. The van der Waals surface area contributed by atoms with Gasteiger partial charge in [-0.1, -0.05) is 103 Å². The van der Waals surface area contributed by atoms with Crippen LogP contribution in [0.3, 0.4) is 0 Å². The summed E-state index contributed by atoms with van der Waals surface area (Å²) < 4.78 is 0. The number of hydrogen-bond donors (Lipinski definition) is 0. The summed E-state index contributed by atoms with van der Waals surface area (Å²) in [6, 6.07) is 45.2. The Bertz CT molecular complexity index is 1960. The van der Waals surface area contributed by atoms with Crippen molar-refractivity contribution in [1.29, 1.82) is 0 Å². The molecule has 9 rings (SSSR count). The molecule has 0 radical (unpaired) electrons. The van der Waals surface area contributed by atoms with Crippen LogP contribution in [0.25, 0.3) is 43.4 Å². The van der Waals surface area contributed by atoms with Crippen molar-refractivity contribution in [2.24, 2.45) is 0 Å². The molecule has 0 fully saturated rings. The van der Waals surface area contributed by atoms with Crippen molar-refractivity contribution in [1.82, 2.24) is 0 Å². The van der Waals surface area contributed by atoms with Gasteiger partial charge in [0, 0.05) is 17.1 Å². The van der Waals surface area contributed by atoms with Gasteiger partial charge in [-0.25, -0.2) is 0 Å². The molecule has 0 saturated carbocycles. The highest BCUT2D eigenvalue weighted by atomic mass is 15.1. The second kappa shape index (κ2) is 6.56. The van der Waals surface area contributed by atoms with Crippen LogP contribution in [-0.4, -0.2) is 6.71 Å². The van der Waals surface area contributed by atoms with E-state index < -0.39 is 0 Å². The zero-order chi connectivity index (χ0) is 23.4. The minimum Gasteiger partial charge on any atom is -0.311 e. The van der Waals surface area contributed by atoms with Gasteiger partial charge in [0.05, 0.1) is 0 Å². The highest BCUT2D eigenvalue weighted by molar-refractivity contribution is 7.01. The molecule has 2 aliphatic rings. The number of benzene rings is 7. The molecule has 0 amide bonds. The van der Waals surface area contributed by atoms with E-state index in [0.717, 1.165) is 0 Å². The van der Waals surface area contributed by atoms with Gasteiger partial charge in [-0.05, 0) is 78.6 Å². The third-order valence-electron chi connectivity index (χ3n) is 8.37. The van der Waals surface area contributed by atoms with E-state index in [-0.39, 0.29) is 6.71 Å². The van der Waals surface area contributed by atoms with Crippen LogP contribution in [0.15, 0.2) is 121 Å². The summed E-state index contributed by atoms with van der Waals surface area (Å²) in [6.45, 7) is 0.282. The summed E-state index contributed by atoms with van der Waals surface area (Å²) in [5.41, 5.74) is 10.8. The first-order valence-corrected chi connectivity index (χ1v) is 12.7. The minimum atomic E-state index is 0.282. The predicted molar refractivity (Wildman–Crippen MR) is 155 cm³/mol. The molecule has 0 aromatic heterocycles. The van der Waals surface area contributed by atoms with Crippen LogP contribution in [0.2, 0.25) is 0 Å². The lowest BCUT2D eigenvalue weighted by atomic mass is 9.37. The molecule has 2 heterocycles. The van der Waals surface area contributed by atoms with Gasteiger partial charge < -0.3 is 4.90 Å². The number of nitrogens with zero attached hydrogens (tertiary/aromatic N) is 1. The van der Waals surface area contributed by atoms with Crippen LogP contribution in [-0.2, 0) is 0 Å². The Labute approximate surface area is 209 Å². The molecular weight excluding hydrogens is 433 g/mol. The van der Waals surface area contributed by atoms with Gasteiger partial charge in [-0.3, -0.25) is 0 Å². The zero-order valence-electron chi connectivity index (χ0n) is 19.6. The summed E-state index contributed by atoms with van der Waals surface area (Å²) in [5, 5.41) is 7.94. The molecule has 2 aliphatic heterocycles. The maximum atomic E-state index is 2.49. The second-order valence-electron chi connectivity index (χ2n) is 10.1. The van der Waals surface area contributed by atoms with Crippen LogP contribution >= 0.6 is 0 Å². The third kappa shape index (κ3) is 2.23. The van der Waals surface area contributed by atoms with Crippen LogP contribution in [0.5, 0.6) is 0 Å². The van der Waals surface area contributed by atoms with Crippen LogP contribution < -0.4 is 21.3 Å². The number of anilines is 3. The average molecular weight is 453 g/mol. The molecule has 0 atom stereocenters. The topological polar surface area (TPSA) is 3.24 Å². The smallest absolute Gasteiger partial charge is 0.248 e. The minimum absolute atomic E-state index is 0.282. The van der Waals surface area contributed by atoms with Crippen molar-refractivity contribution in [3.8, 4) is 11.1 Å².